The molecule has 0 unspecified atom stereocenters. The van der Waals surface area contributed by atoms with Crippen molar-refractivity contribution < 1.29 is 19.1 Å². The lowest BCUT2D eigenvalue weighted by Crippen LogP contribution is -2.29. The number of ether oxygens (including phenoxy) is 2. The zero-order chi connectivity index (χ0) is 15.8. The van der Waals surface area contributed by atoms with Crippen molar-refractivity contribution >= 4 is 11.9 Å². The van der Waals surface area contributed by atoms with Gasteiger partial charge in [0.2, 0.25) is 0 Å². The lowest BCUT2D eigenvalue weighted by molar-refractivity contribution is -0.151. The predicted octanol–water partition coefficient (Wildman–Crippen LogP) is 3.58. The van der Waals surface area contributed by atoms with Crippen molar-refractivity contribution in [1.29, 1.82) is 0 Å². The molecular weight excluding hydrogens is 268 g/mol. The Morgan fingerprint density at radius 1 is 1.00 bits per heavy atom. The molecule has 0 aromatic carbocycles. The van der Waals surface area contributed by atoms with Crippen LogP contribution in [0.4, 0.5) is 0 Å². The van der Waals surface area contributed by atoms with E-state index in [2.05, 4.69) is 0 Å². The van der Waals surface area contributed by atoms with Gasteiger partial charge >= 0.3 is 11.9 Å². The van der Waals surface area contributed by atoms with E-state index < -0.39 is 0 Å². The predicted molar refractivity (Wildman–Crippen MR) is 81.7 cm³/mol. The molecule has 0 radical (unpaired) electrons. The summed E-state index contributed by atoms with van der Waals surface area (Å²) in [6, 6.07) is 0. The molecule has 4 heteroatoms. The fourth-order valence-corrected chi connectivity index (χ4v) is 3.38. The average molecular weight is 298 g/mol. The minimum atomic E-state index is -0.234. The van der Waals surface area contributed by atoms with E-state index in [1.165, 1.54) is 46.3 Å². The number of carbonyl (C=O) groups is 2. The van der Waals surface area contributed by atoms with Gasteiger partial charge in [-0.05, 0) is 24.7 Å². The fraction of sp³-hybridized carbons (Fsp3) is 0.882. The summed E-state index contributed by atoms with van der Waals surface area (Å²) in [5.74, 6) is -0.0748. The lowest BCUT2D eigenvalue weighted by Gasteiger charge is -2.28. The largest absolute Gasteiger partial charge is 0.469 e. The molecular formula is C17H30O4. The minimum Gasteiger partial charge on any atom is -0.469 e. The van der Waals surface area contributed by atoms with Crippen LogP contribution in [0.25, 0.3) is 0 Å². The Morgan fingerprint density at radius 2 is 1.57 bits per heavy atom. The van der Waals surface area contributed by atoms with Crippen molar-refractivity contribution in [2.75, 3.05) is 14.2 Å². The Kier molecular flexibility index (Phi) is 7.76. The second kappa shape index (κ2) is 9.06. The van der Waals surface area contributed by atoms with Gasteiger partial charge in [0, 0.05) is 0 Å². The minimum absolute atomic E-state index is 0.163. The van der Waals surface area contributed by atoms with Crippen molar-refractivity contribution in [2.45, 2.75) is 58.8 Å². The molecule has 0 aromatic rings. The number of hydrogen-bond acceptors (Lipinski definition) is 4. The highest BCUT2D eigenvalue weighted by Gasteiger charge is 2.32. The summed E-state index contributed by atoms with van der Waals surface area (Å²) in [4.78, 5) is 24.0. The number of hydrogen-bond donors (Lipinski definition) is 0. The third-order valence-electron chi connectivity index (χ3n) is 4.72. The Labute approximate surface area is 128 Å². The maximum atomic E-state index is 12.1. The Hall–Kier alpha value is -1.06. The van der Waals surface area contributed by atoms with Gasteiger partial charge in [0.15, 0.2) is 0 Å². The van der Waals surface area contributed by atoms with Crippen LogP contribution >= 0.6 is 0 Å². The van der Waals surface area contributed by atoms with Gasteiger partial charge in [-0.25, -0.2) is 0 Å². The maximum absolute atomic E-state index is 12.1. The van der Waals surface area contributed by atoms with Gasteiger partial charge in [-0.3, -0.25) is 9.59 Å². The highest BCUT2D eigenvalue weighted by molar-refractivity contribution is 5.76. The summed E-state index contributed by atoms with van der Waals surface area (Å²) in [5, 5.41) is 0. The highest BCUT2D eigenvalue weighted by atomic mass is 16.5. The zero-order valence-corrected chi connectivity index (χ0v) is 13.9. The average Bonchev–Trinajstić information content (AvgIpc) is 2.50. The molecule has 1 rings (SSSR count). The molecule has 0 spiro atoms. The number of methoxy groups -OCH3 is 2. The van der Waals surface area contributed by atoms with Gasteiger partial charge in [-0.2, -0.15) is 0 Å². The molecule has 0 heterocycles. The summed E-state index contributed by atoms with van der Waals surface area (Å²) in [6.07, 6.45) is 7.57. The molecule has 4 nitrogen and oxygen atoms in total. The van der Waals surface area contributed by atoms with Crippen LogP contribution in [-0.4, -0.2) is 26.2 Å². The number of esters is 2. The monoisotopic (exact) mass is 298 g/mol. The first-order valence-corrected chi connectivity index (χ1v) is 8.15. The molecule has 0 amide bonds. The van der Waals surface area contributed by atoms with Crippen molar-refractivity contribution in [1.82, 2.24) is 0 Å². The number of carbonyl (C=O) groups excluding carboxylic acids is 2. The first-order valence-electron chi connectivity index (χ1n) is 8.15. The van der Waals surface area contributed by atoms with Crippen LogP contribution in [0.15, 0.2) is 0 Å². The summed E-state index contributed by atoms with van der Waals surface area (Å²) in [6.45, 7) is 3.99. The first-order chi connectivity index (χ1) is 9.99. The molecule has 21 heavy (non-hydrogen) atoms. The van der Waals surface area contributed by atoms with Gasteiger partial charge < -0.3 is 9.47 Å². The van der Waals surface area contributed by atoms with Gasteiger partial charge in [-0.15, -0.1) is 0 Å². The van der Waals surface area contributed by atoms with Crippen LogP contribution in [0.3, 0.4) is 0 Å². The molecule has 1 fully saturated rings. The van der Waals surface area contributed by atoms with E-state index in [4.69, 9.17) is 9.47 Å². The van der Waals surface area contributed by atoms with E-state index in [-0.39, 0.29) is 29.7 Å². The van der Waals surface area contributed by atoms with E-state index in [1.807, 2.05) is 13.8 Å². The van der Waals surface area contributed by atoms with Gasteiger partial charge in [-0.1, -0.05) is 46.0 Å². The smallest absolute Gasteiger partial charge is 0.308 e. The van der Waals surface area contributed by atoms with Crippen LogP contribution in [0.1, 0.15) is 58.8 Å². The SMILES string of the molecule is COC(=O)[C@H](CC1CCCCC1)C[C@H](C(=O)OC)C(C)C. The van der Waals surface area contributed by atoms with E-state index in [0.29, 0.717) is 12.3 Å². The van der Waals surface area contributed by atoms with Crippen LogP contribution in [0, 0.1) is 23.7 Å². The Balaban J connectivity index is 2.71. The van der Waals surface area contributed by atoms with Crippen LogP contribution in [0.5, 0.6) is 0 Å². The summed E-state index contributed by atoms with van der Waals surface area (Å²) >= 11 is 0. The fourth-order valence-electron chi connectivity index (χ4n) is 3.38. The van der Waals surface area contributed by atoms with E-state index >= 15 is 0 Å². The second-order valence-corrected chi connectivity index (χ2v) is 6.57. The molecule has 0 N–H and O–H groups in total. The van der Waals surface area contributed by atoms with Crippen LogP contribution in [0.2, 0.25) is 0 Å². The summed E-state index contributed by atoms with van der Waals surface area (Å²) < 4.78 is 9.84. The molecule has 2 atom stereocenters. The molecule has 0 saturated heterocycles. The molecule has 0 aromatic heterocycles. The van der Waals surface area contributed by atoms with Gasteiger partial charge in [0.05, 0.1) is 26.1 Å². The second-order valence-electron chi connectivity index (χ2n) is 6.57. The lowest BCUT2D eigenvalue weighted by atomic mass is 9.78. The topological polar surface area (TPSA) is 52.6 Å². The quantitative estimate of drug-likeness (QED) is 0.674. The van der Waals surface area contributed by atoms with E-state index in [9.17, 15) is 9.59 Å². The van der Waals surface area contributed by atoms with Crippen LogP contribution < -0.4 is 0 Å². The standard InChI is InChI=1S/C17H30O4/c1-12(2)15(17(19)21-4)11-14(16(18)20-3)10-13-8-6-5-7-9-13/h12-15H,5-11H2,1-4H3/t14-,15+/m1/s1. The molecule has 1 aliphatic carbocycles. The molecule has 1 saturated carbocycles. The molecule has 122 valence electrons. The third kappa shape index (κ3) is 5.68. The summed E-state index contributed by atoms with van der Waals surface area (Å²) in [7, 11) is 2.84. The van der Waals surface area contributed by atoms with E-state index in [1.54, 1.807) is 0 Å². The Bertz CT molecular complexity index is 332. The maximum Gasteiger partial charge on any atom is 0.308 e. The normalized spacial score (nSPS) is 19.1. The van der Waals surface area contributed by atoms with Crippen molar-refractivity contribution in [2.24, 2.45) is 23.7 Å². The zero-order valence-electron chi connectivity index (χ0n) is 13.9. The highest BCUT2D eigenvalue weighted by Crippen LogP contribution is 2.33. The van der Waals surface area contributed by atoms with Crippen LogP contribution in [-0.2, 0) is 19.1 Å². The third-order valence-corrected chi connectivity index (χ3v) is 4.72. The number of rotatable bonds is 7. The molecule has 0 bridgehead atoms. The van der Waals surface area contributed by atoms with Gasteiger partial charge in [0.1, 0.15) is 0 Å². The van der Waals surface area contributed by atoms with Crippen molar-refractivity contribution in [3.63, 3.8) is 0 Å². The molecule has 1 aliphatic rings. The summed E-state index contributed by atoms with van der Waals surface area (Å²) in [5.41, 5.74) is 0. The Morgan fingerprint density at radius 3 is 2.05 bits per heavy atom. The molecule has 0 aliphatic heterocycles. The van der Waals surface area contributed by atoms with E-state index in [0.717, 1.165) is 6.42 Å². The van der Waals surface area contributed by atoms with Crippen molar-refractivity contribution in [3.8, 4) is 0 Å². The van der Waals surface area contributed by atoms with Gasteiger partial charge in [0.25, 0.3) is 0 Å². The first kappa shape index (κ1) is 18.0. The van der Waals surface area contributed by atoms with Crippen molar-refractivity contribution in [3.05, 3.63) is 0 Å².